The van der Waals surface area contributed by atoms with Crippen LogP contribution in [0.1, 0.15) is 25.5 Å². The molecule has 0 aromatic heterocycles. The number of ether oxygens (including phenoxy) is 2. The number of hydrogen-bond donors (Lipinski definition) is 0. The summed E-state index contributed by atoms with van der Waals surface area (Å²) in [4.78, 5) is 37.7. The van der Waals surface area contributed by atoms with Gasteiger partial charge in [0.15, 0.2) is 0 Å². The highest BCUT2D eigenvalue weighted by Crippen LogP contribution is 2.60. The normalized spacial score (nSPS) is 21.7. The van der Waals surface area contributed by atoms with Crippen molar-refractivity contribution in [2.24, 2.45) is 17.3 Å². The molecule has 172 valence electrons. The second kappa shape index (κ2) is 9.32. The van der Waals surface area contributed by atoms with Crippen molar-refractivity contribution in [3.8, 4) is 17.6 Å². The molecule has 2 aliphatic carbocycles. The molecule has 0 amide bonds. The van der Waals surface area contributed by atoms with E-state index in [1.165, 1.54) is 0 Å². The molecule has 0 heterocycles. The fourth-order valence-electron chi connectivity index (χ4n) is 4.03. The quantitative estimate of drug-likeness (QED) is 0.237. The average Bonchev–Trinajstić information content (AvgIpc) is 3.33. The Morgan fingerprint density at radius 3 is 2.26 bits per heavy atom. The first-order valence-electron chi connectivity index (χ1n) is 10.4. The largest absolute Gasteiger partial charge is 0.457 e. The second-order valence-corrected chi connectivity index (χ2v) is 10.2. The average molecular weight is 585 g/mol. The number of carbonyl (C=O) groups excluding carboxylic acids is 3. The fourth-order valence-corrected chi connectivity index (χ4v) is 4.82. The minimum absolute atomic E-state index is 0.0229. The van der Waals surface area contributed by atoms with E-state index in [2.05, 4.69) is 31.9 Å². The van der Waals surface area contributed by atoms with E-state index in [-0.39, 0.29) is 20.5 Å². The van der Waals surface area contributed by atoms with Gasteiger partial charge in [0.05, 0.1) is 20.5 Å². The lowest BCUT2D eigenvalue weighted by Gasteiger charge is -2.13. The summed E-state index contributed by atoms with van der Waals surface area (Å²) in [6, 6.07) is 18.0. The molecule has 4 rings (SSSR count). The number of nitrogens with zero attached hydrogens (tertiary/aromatic N) is 1. The molecule has 2 aliphatic rings. The Hall–Kier alpha value is -3.02. The second-order valence-electron chi connectivity index (χ2n) is 8.63. The molecule has 3 atom stereocenters. The first-order chi connectivity index (χ1) is 16.1. The van der Waals surface area contributed by atoms with Gasteiger partial charge in [0, 0.05) is 5.56 Å². The molecule has 2 aromatic carbocycles. The fraction of sp³-hybridized carbons (Fsp3) is 0.231. The minimum atomic E-state index is -1.13. The van der Waals surface area contributed by atoms with Crippen molar-refractivity contribution < 1.29 is 23.9 Å². The zero-order chi connectivity index (χ0) is 24.6. The number of para-hydroxylation sites is 1. The maximum Gasteiger partial charge on any atom is 0.311 e. The first-order valence-corrected chi connectivity index (χ1v) is 12.0. The van der Waals surface area contributed by atoms with Crippen LogP contribution < -0.4 is 4.74 Å². The smallest absolute Gasteiger partial charge is 0.311 e. The summed E-state index contributed by atoms with van der Waals surface area (Å²) in [6.07, 6.45) is 0.415. The summed E-state index contributed by atoms with van der Waals surface area (Å²) in [5.41, 5.74) is -0.0182. The number of Topliss-reactive ketones (excluding diaryl/α,β-unsaturated/α-hetero) is 2. The van der Waals surface area contributed by atoms with Gasteiger partial charge in [0.1, 0.15) is 17.6 Å². The number of ketones is 2. The van der Waals surface area contributed by atoms with Crippen LogP contribution in [0.2, 0.25) is 0 Å². The van der Waals surface area contributed by atoms with Crippen LogP contribution >= 0.6 is 31.9 Å². The number of allylic oxidation sites excluding steroid dienone is 4. The van der Waals surface area contributed by atoms with Gasteiger partial charge in [0.2, 0.25) is 17.7 Å². The van der Waals surface area contributed by atoms with Crippen molar-refractivity contribution in [2.45, 2.75) is 20.0 Å². The van der Waals surface area contributed by atoms with Crippen LogP contribution in [0.15, 0.2) is 75.2 Å². The van der Waals surface area contributed by atoms with Crippen LogP contribution in [0.3, 0.4) is 0 Å². The standard InChI is InChI=1S/C26H19Br2NO5/c1-26(2)18(12-17-23(30)21(27)22(28)24(17)31)20(26)25(32)34-19(13-29)14-7-6-10-16(11-14)33-15-8-4-3-5-9-15/h3-12,18-20H,1-2H3. The van der Waals surface area contributed by atoms with E-state index < -0.39 is 35.0 Å². The van der Waals surface area contributed by atoms with Gasteiger partial charge in [-0.1, -0.05) is 50.3 Å². The molecule has 6 nitrogen and oxygen atoms in total. The number of esters is 1. The first kappa shape index (κ1) is 24.1. The van der Waals surface area contributed by atoms with Gasteiger partial charge in [-0.05, 0) is 67.5 Å². The number of hydrogen-bond acceptors (Lipinski definition) is 6. The number of carbonyl (C=O) groups is 3. The molecule has 1 saturated carbocycles. The van der Waals surface area contributed by atoms with E-state index in [4.69, 9.17) is 9.47 Å². The molecule has 34 heavy (non-hydrogen) atoms. The van der Waals surface area contributed by atoms with Crippen molar-refractivity contribution >= 4 is 49.4 Å². The van der Waals surface area contributed by atoms with E-state index in [1.807, 2.05) is 50.2 Å². The third-order valence-corrected chi connectivity index (χ3v) is 8.13. The lowest BCUT2D eigenvalue weighted by atomic mass is 10.1. The molecule has 2 aromatic rings. The molecule has 3 unspecified atom stereocenters. The third kappa shape index (κ3) is 4.50. The Labute approximate surface area is 213 Å². The van der Waals surface area contributed by atoms with E-state index >= 15 is 0 Å². The van der Waals surface area contributed by atoms with E-state index in [0.717, 1.165) is 0 Å². The van der Waals surface area contributed by atoms with Crippen LogP contribution in [0.5, 0.6) is 11.5 Å². The topological polar surface area (TPSA) is 93.5 Å². The van der Waals surface area contributed by atoms with Crippen molar-refractivity contribution in [2.75, 3.05) is 0 Å². The molecule has 0 aliphatic heterocycles. The lowest BCUT2D eigenvalue weighted by Crippen LogP contribution is -2.14. The van der Waals surface area contributed by atoms with Gasteiger partial charge < -0.3 is 9.47 Å². The predicted molar refractivity (Wildman–Crippen MR) is 131 cm³/mol. The number of nitriles is 1. The maximum absolute atomic E-state index is 13.0. The summed E-state index contributed by atoms with van der Waals surface area (Å²) in [5.74, 6) is -1.20. The number of halogens is 2. The number of rotatable bonds is 6. The zero-order valence-electron chi connectivity index (χ0n) is 18.2. The van der Waals surface area contributed by atoms with Gasteiger partial charge in [-0.2, -0.15) is 5.26 Å². The van der Waals surface area contributed by atoms with Gasteiger partial charge in [-0.15, -0.1) is 0 Å². The Morgan fingerprint density at radius 1 is 1.03 bits per heavy atom. The highest BCUT2D eigenvalue weighted by atomic mass is 79.9. The summed E-state index contributed by atoms with van der Waals surface area (Å²) in [5, 5.41) is 9.68. The van der Waals surface area contributed by atoms with Crippen LogP contribution in [0, 0.1) is 28.6 Å². The maximum atomic E-state index is 13.0. The predicted octanol–water partition coefficient (Wildman–Crippen LogP) is 5.94. The summed E-state index contributed by atoms with van der Waals surface area (Å²) in [7, 11) is 0. The van der Waals surface area contributed by atoms with Crippen molar-refractivity contribution in [1.82, 2.24) is 0 Å². The SMILES string of the molecule is CC1(C)C(C=C2C(=O)C(Br)=C(Br)C2=O)C1C(=O)OC(C#N)c1cccc(Oc2ccccc2)c1. The molecule has 1 fully saturated rings. The van der Waals surface area contributed by atoms with Crippen molar-refractivity contribution in [1.29, 1.82) is 5.26 Å². The van der Waals surface area contributed by atoms with Crippen LogP contribution in [0.25, 0.3) is 0 Å². The van der Waals surface area contributed by atoms with E-state index in [1.54, 1.807) is 30.3 Å². The molecule has 0 bridgehead atoms. The van der Waals surface area contributed by atoms with E-state index in [0.29, 0.717) is 17.1 Å². The van der Waals surface area contributed by atoms with Crippen LogP contribution in [0.4, 0.5) is 0 Å². The summed E-state index contributed by atoms with van der Waals surface area (Å²) >= 11 is 6.22. The molecule has 0 radical (unpaired) electrons. The highest BCUT2D eigenvalue weighted by molar-refractivity contribution is 9.14. The minimum Gasteiger partial charge on any atom is -0.457 e. The van der Waals surface area contributed by atoms with Gasteiger partial charge >= 0.3 is 5.97 Å². The summed E-state index contributed by atoms with van der Waals surface area (Å²) in [6.45, 7) is 3.72. The molecule has 0 saturated heterocycles. The Bertz CT molecular complexity index is 1260. The lowest BCUT2D eigenvalue weighted by molar-refractivity contribution is -0.149. The number of benzene rings is 2. The Kier molecular flexibility index (Phi) is 6.61. The van der Waals surface area contributed by atoms with Crippen molar-refractivity contribution in [3.63, 3.8) is 0 Å². The zero-order valence-corrected chi connectivity index (χ0v) is 21.4. The summed E-state index contributed by atoms with van der Waals surface area (Å²) < 4.78 is 11.7. The van der Waals surface area contributed by atoms with Gasteiger partial charge in [0.25, 0.3) is 0 Å². The van der Waals surface area contributed by atoms with Gasteiger partial charge in [-0.3, -0.25) is 14.4 Å². The molecule has 0 N–H and O–H groups in total. The van der Waals surface area contributed by atoms with Crippen molar-refractivity contribution in [3.05, 3.63) is 80.8 Å². The molecule has 0 spiro atoms. The highest BCUT2D eigenvalue weighted by Gasteiger charge is 2.62. The van der Waals surface area contributed by atoms with Gasteiger partial charge in [-0.25, -0.2) is 0 Å². The van der Waals surface area contributed by atoms with Crippen LogP contribution in [-0.4, -0.2) is 17.5 Å². The molecular weight excluding hydrogens is 566 g/mol. The van der Waals surface area contributed by atoms with E-state index in [9.17, 15) is 19.6 Å². The monoisotopic (exact) mass is 583 g/mol. The molecular formula is C26H19Br2NO5. The van der Waals surface area contributed by atoms with Crippen LogP contribution in [-0.2, 0) is 19.1 Å². The Morgan fingerprint density at radius 2 is 1.65 bits per heavy atom. The Balaban J connectivity index is 1.48. The molecule has 8 heteroatoms. The third-order valence-electron chi connectivity index (χ3n) is 6.08.